The van der Waals surface area contributed by atoms with Crippen LogP contribution in [-0.2, 0) is 6.54 Å². The highest BCUT2D eigenvalue weighted by Crippen LogP contribution is 2.19. The Balaban J connectivity index is 1.69. The number of halogens is 1. The molecule has 0 saturated carbocycles. The number of aromatic nitrogens is 1. The summed E-state index contributed by atoms with van der Waals surface area (Å²) in [6.45, 7) is 3.40. The minimum Gasteiger partial charge on any atom is -0.465 e. The minimum atomic E-state index is -0.836. The molecule has 6 heteroatoms. The van der Waals surface area contributed by atoms with E-state index in [0.717, 1.165) is 36.1 Å². The summed E-state index contributed by atoms with van der Waals surface area (Å²) >= 11 is 6.01. The number of hydrogen-bond acceptors (Lipinski definition) is 3. The predicted molar refractivity (Wildman–Crippen MR) is 81.6 cm³/mol. The van der Waals surface area contributed by atoms with Crippen LogP contribution in [-0.4, -0.2) is 52.2 Å². The summed E-state index contributed by atoms with van der Waals surface area (Å²) in [6, 6.07) is 7.75. The van der Waals surface area contributed by atoms with E-state index in [1.54, 1.807) is 0 Å². The fraction of sp³-hybridized carbons (Fsp3) is 0.333. The van der Waals surface area contributed by atoms with Gasteiger partial charge in [-0.05, 0) is 29.8 Å². The van der Waals surface area contributed by atoms with Gasteiger partial charge >= 0.3 is 6.09 Å². The van der Waals surface area contributed by atoms with Crippen LogP contribution >= 0.6 is 11.6 Å². The Morgan fingerprint density at radius 2 is 2.00 bits per heavy atom. The number of amides is 1. The highest BCUT2D eigenvalue weighted by molar-refractivity contribution is 6.31. The molecule has 1 saturated heterocycles. The van der Waals surface area contributed by atoms with Crippen LogP contribution in [0.25, 0.3) is 10.9 Å². The van der Waals surface area contributed by atoms with E-state index in [1.165, 1.54) is 4.90 Å². The molecule has 2 aromatic rings. The van der Waals surface area contributed by atoms with Gasteiger partial charge in [0.25, 0.3) is 0 Å². The van der Waals surface area contributed by atoms with Gasteiger partial charge in [0.2, 0.25) is 0 Å². The summed E-state index contributed by atoms with van der Waals surface area (Å²) in [5, 5.41) is 10.7. The highest BCUT2D eigenvalue weighted by atomic mass is 35.5. The van der Waals surface area contributed by atoms with Crippen molar-refractivity contribution in [2.24, 2.45) is 0 Å². The number of benzene rings is 1. The van der Waals surface area contributed by atoms with Crippen molar-refractivity contribution in [1.29, 1.82) is 0 Å². The Hall–Kier alpha value is -1.85. The number of hydrogen-bond donors (Lipinski definition) is 1. The molecule has 0 atom stereocenters. The summed E-state index contributed by atoms with van der Waals surface area (Å²) in [4.78, 5) is 19.0. The number of pyridine rings is 1. The van der Waals surface area contributed by atoms with Crippen molar-refractivity contribution < 1.29 is 9.90 Å². The molecule has 0 bridgehead atoms. The summed E-state index contributed by atoms with van der Waals surface area (Å²) in [6.07, 6.45) is 1.04. The van der Waals surface area contributed by atoms with Gasteiger partial charge in [-0.2, -0.15) is 0 Å². The zero-order valence-electron chi connectivity index (χ0n) is 11.5. The SMILES string of the molecule is O=C(O)N1CCN(Cc2cnc3ccc(Cl)cc3c2)CC1. The normalized spacial score (nSPS) is 16.3. The van der Waals surface area contributed by atoms with Crippen molar-refractivity contribution in [3.63, 3.8) is 0 Å². The number of rotatable bonds is 2. The molecular formula is C15H16ClN3O2. The Bertz CT molecular complexity index is 669. The van der Waals surface area contributed by atoms with Crippen molar-refractivity contribution in [2.75, 3.05) is 26.2 Å². The van der Waals surface area contributed by atoms with Crippen molar-refractivity contribution >= 4 is 28.6 Å². The van der Waals surface area contributed by atoms with E-state index in [1.807, 2.05) is 24.4 Å². The average molecular weight is 306 g/mol. The van der Waals surface area contributed by atoms with Gasteiger partial charge in [0.15, 0.2) is 0 Å². The van der Waals surface area contributed by atoms with E-state index in [2.05, 4.69) is 16.0 Å². The smallest absolute Gasteiger partial charge is 0.407 e. The van der Waals surface area contributed by atoms with E-state index in [9.17, 15) is 4.79 Å². The van der Waals surface area contributed by atoms with Gasteiger partial charge in [0.1, 0.15) is 0 Å². The molecule has 3 rings (SSSR count). The van der Waals surface area contributed by atoms with Gasteiger partial charge in [-0.1, -0.05) is 11.6 Å². The predicted octanol–water partition coefficient (Wildman–Crippen LogP) is 2.68. The Kier molecular flexibility index (Phi) is 3.94. The van der Waals surface area contributed by atoms with E-state index >= 15 is 0 Å². The third kappa shape index (κ3) is 3.25. The van der Waals surface area contributed by atoms with Crippen LogP contribution in [0.15, 0.2) is 30.5 Å². The molecule has 1 aliphatic rings. The third-order valence-corrected chi connectivity index (χ3v) is 3.98. The standard InChI is InChI=1S/C15H16ClN3O2/c16-13-1-2-14-12(8-13)7-11(9-17-14)10-18-3-5-19(6-4-18)15(20)21/h1-2,7-9H,3-6,10H2,(H,20,21). The largest absolute Gasteiger partial charge is 0.465 e. The van der Waals surface area contributed by atoms with Crippen LogP contribution in [0.2, 0.25) is 5.02 Å². The molecular weight excluding hydrogens is 290 g/mol. The summed E-state index contributed by atoms with van der Waals surface area (Å²) in [5.74, 6) is 0. The van der Waals surface area contributed by atoms with Crippen molar-refractivity contribution in [3.05, 3.63) is 41.0 Å². The van der Waals surface area contributed by atoms with Gasteiger partial charge in [0, 0.05) is 49.3 Å². The van der Waals surface area contributed by atoms with Crippen LogP contribution in [0.5, 0.6) is 0 Å². The molecule has 5 nitrogen and oxygen atoms in total. The molecule has 1 N–H and O–H groups in total. The molecule has 0 aliphatic carbocycles. The quantitative estimate of drug-likeness (QED) is 0.927. The second-order valence-corrected chi connectivity index (χ2v) is 5.66. The van der Waals surface area contributed by atoms with Crippen molar-refractivity contribution in [3.8, 4) is 0 Å². The summed E-state index contributed by atoms with van der Waals surface area (Å²) in [7, 11) is 0. The lowest BCUT2D eigenvalue weighted by atomic mass is 10.1. The zero-order valence-corrected chi connectivity index (χ0v) is 12.3. The van der Waals surface area contributed by atoms with Crippen LogP contribution in [0, 0.1) is 0 Å². The summed E-state index contributed by atoms with van der Waals surface area (Å²) < 4.78 is 0. The van der Waals surface area contributed by atoms with Gasteiger partial charge in [-0.25, -0.2) is 4.79 Å². The molecule has 0 unspecified atom stereocenters. The number of carbonyl (C=O) groups is 1. The second kappa shape index (κ2) is 5.87. The Labute approximate surface area is 127 Å². The number of nitrogens with zero attached hydrogens (tertiary/aromatic N) is 3. The first-order chi connectivity index (χ1) is 10.1. The maximum absolute atomic E-state index is 10.9. The number of piperazine rings is 1. The third-order valence-electron chi connectivity index (χ3n) is 3.75. The molecule has 1 aromatic heterocycles. The van der Waals surface area contributed by atoms with Gasteiger partial charge in [-0.15, -0.1) is 0 Å². The van der Waals surface area contributed by atoms with E-state index in [-0.39, 0.29) is 0 Å². The van der Waals surface area contributed by atoms with Gasteiger partial charge in [0.05, 0.1) is 5.52 Å². The average Bonchev–Trinajstić information content (AvgIpc) is 2.47. The van der Waals surface area contributed by atoms with Crippen LogP contribution in [0.1, 0.15) is 5.56 Å². The number of carboxylic acid groups (broad SMARTS) is 1. The maximum atomic E-state index is 10.9. The lowest BCUT2D eigenvalue weighted by molar-refractivity contribution is 0.103. The molecule has 21 heavy (non-hydrogen) atoms. The highest BCUT2D eigenvalue weighted by Gasteiger charge is 2.20. The number of fused-ring (bicyclic) bond motifs is 1. The van der Waals surface area contributed by atoms with Crippen molar-refractivity contribution in [2.45, 2.75) is 6.54 Å². The molecule has 0 radical (unpaired) electrons. The first-order valence-corrected chi connectivity index (χ1v) is 7.24. The minimum absolute atomic E-state index is 0.558. The maximum Gasteiger partial charge on any atom is 0.407 e. The first kappa shape index (κ1) is 14.1. The Morgan fingerprint density at radius 1 is 1.24 bits per heavy atom. The lowest BCUT2D eigenvalue weighted by Gasteiger charge is -2.33. The van der Waals surface area contributed by atoms with E-state index in [4.69, 9.17) is 16.7 Å². The summed E-state index contributed by atoms with van der Waals surface area (Å²) in [5.41, 5.74) is 2.05. The fourth-order valence-electron chi connectivity index (χ4n) is 2.59. The molecule has 1 aliphatic heterocycles. The van der Waals surface area contributed by atoms with Crippen LogP contribution < -0.4 is 0 Å². The second-order valence-electron chi connectivity index (χ2n) is 5.23. The Morgan fingerprint density at radius 3 is 2.71 bits per heavy atom. The van der Waals surface area contributed by atoms with Crippen LogP contribution in [0.3, 0.4) is 0 Å². The van der Waals surface area contributed by atoms with Crippen molar-refractivity contribution in [1.82, 2.24) is 14.8 Å². The molecule has 110 valence electrons. The topological polar surface area (TPSA) is 56.7 Å². The fourth-order valence-corrected chi connectivity index (χ4v) is 2.77. The monoisotopic (exact) mass is 305 g/mol. The van der Waals surface area contributed by atoms with Gasteiger partial charge < -0.3 is 10.0 Å². The molecule has 0 spiro atoms. The molecule has 2 heterocycles. The lowest BCUT2D eigenvalue weighted by Crippen LogP contribution is -2.47. The van der Waals surface area contributed by atoms with Crippen LogP contribution in [0.4, 0.5) is 4.79 Å². The zero-order chi connectivity index (χ0) is 14.8. The van der Waals surface area contributed by atoms with E-state index in [0.29, 0.717) is 18.1 Å². The molecule has 1 aromatic carbocycles. The molecule has 1 fully saturated rings. The van der Waals surface area contributed by atoms with E-state index < -0.39 is 6.09 Å². The van der Waals surface area contributed by atoms with Gasteiger partial charge in [-0.3, -0.25) is 9.88 Å². The first-order valence-electron chi connectivity index (χ1n) is 6.86. The molecule has 1 amide bonds.